The first kappa shape index (κ1) is 15.5. The smallest absolute Gasteiger partial charge is 0.124 e. The van der Waals surface area contributed by atoms with Crippen LogP contribution in [0.5, 0.6) is 5.75 Å². The van der Waals surface area contributed by atoms with Gasteiger partial charge in [-0.05, 0) is 32.0 Å². The number of ether oxygens (including phenoxy) is 1. The van der Waals surface area contributed by atoms with E-state index < -0.39 is 0 Å². The summed E-state index contributed by atoms with van der Waals surface area (Å²) in [6.45, 7) is 7.26. The zero-order chi connectivity index (χ0) is 13.4. The molecule has 1 atom stereocenters. The van der Waals surface area contributed by atoms with E-state index in [0.29, 0.717) is 6.04 Å². The van der Waals surface area contributed by atoms with E-state index in [1.807, 2.05) is 12.1 Å². The lowest BCUT2D eigenvalue weighted by Gasteiger charge is -2.16. The highest BCUT2D eigenvalue weighted by Crippen LogP contribution is 2.23. The predicted octanol–water partition coefficient (Wildman–Crippen LogP) is 2.94. The number of hydrogen-bond donors (Lipinski definition) is 2. The largest absolute Gasteiger partial charge is 0.496 e. The summed E-state index contributed by atoms with van der Waals surface area (Å²) < 4.78 is 6.41. The summed E-state index contributed by atoms with van der Waals surface area (Å²) in [5.74, 6) is 0.922. The summed E-state index contributed by atoms with van der Waals surface area (Å²) in [4.78, 5) is 0. The number of methoxy groups -OCH3 is 1. The van der Waals surface area contributed by atoms with Crippen LogP contribution in [0.1, 0.15) is 25.8 Å². The van der Waals surface area contributed by atoms with E-state index in [0.717, 1.165) is 29.9 Å². The van der Waals surface area contributed by atoms with E-state index in [4.69, 9.17) is 4.74 Å². The van der Waals surface area contributed by atoms with E-state index in [1.54, 1.807) is 7.11 Å². The van der Waals surface area contributed by atoms with Gasteiger partial charge in [-0.15, -0.1) is 0 Å². The minimum atomic E-state index is 0.449. The first-order valence-corrected chi connectivity index (χ1v) is 7.23. The van der Waals surface area contributed by atoms with E-state index in [9.17, 15) is 0 Å². The van der Waals surface area contributed by atoms with E-state index in [2.05, 4.69) is 46.5 Å². The normalized spacial score (nSPS) is 12.4. The van der Waals surface area contributed by atoms with Crippen LogP contribution in [0.4, 0.5) is 0 Å². The molecular weight excluding hydrogens is 292 g/mol. The van der Waals surface area contributed by atoms with Gasteiger partial charge in [-0.3, -0.25) is 0 Å². The van der Waals surface area contributed by atoms with Gasteiger partial charge in [0.25, 0.3) is 0 Å². The number of benzene rings is 1. The fourth-order valence-electron chi connectivity index (χ4n) is 1.72. The van der Waals surface area contributed by atoms with Gasteiger partial charge in [0.1, 0.15) is 5.75 Å². The molecule has 0 saturated carbocycles. The third-order valence-electron chi connectivity index (χ3n) is 2.77. The second-order valence-corrected chi connectivity index (χ2v) is 5.36. The topological polar surface area (TPSA) is 33.3 Å². The summed E-state index contributed by atoms with van der Waals surface area (Å²) in [6, 6.07) is 6.57. The Bertz CT molecular complexity index is 358. The van der Waals surface area contributed by atoms with E-state index in [1.165, 1.54) is 12.0 Å². The van der Waals surface area contributed by atoms with Crippen molar-refractivity contribution in [3.8, 4) is 5.75 Å². The Labute approximate surface area is 118 Å². The number of halogens is 1. The summed E-state index contributed by atoms with van der Waals surface area (Å²) in [7, 11) is 1.71. The zero-order valence-corrected chi connectivity index (χ0v) is 13.0. The molecule has 0 aliphatic carbocycles. The molecule has 3 nitrogen and oxygen atoms in total. The quantitative estimate of drug-likeness (QED) is 0.724. The second kappa shape index (κ2) is 8.51. The van der Waals surface area contributed by atoms with Crippen molar-refractivity contribution < 1.29 is 4.74 Å². The Balaban J connectivity index is 2.42. The van der Waals surface area contributed by atoms with Gasteiger partial charge < -0.3 is 15.4 Å². The van der Waals surface area contributed by atoms with Gasteiger partial charge in [0.05, 0.1) is 7.11 Å². The van der Waals surface area contributed by atoms with Crippen LogP contribution in [-0.4, -0.2) is 26.2 Å². The van der Waals surface area contributed by atoms with Gasteiger partial charge in [-0.25, -0.2) is 0 Å². The van der Waals surface area contributed by atoms with Gasteiger partial charge in [0.15, 0.2) is 0 Å². The summed E-state index contributed by atoms with van der Waals surface area (Å²) in [5.41, 5.74) is 1.18. The van der Waals surface area contributed by atoms with Crippen molar-refractivity contribution in [3.63, 3.8) is 0 Å². The first-order valence-electron chi connectivity index (χ1n) is 6.43. The Hall–Kier alpha value is -0.580. The van der Waals surface area contributed by atoms with Gasteiger partial charge >= 0.3 is 0 Å². The monoisotopic (exact) mass is 314 g/mol. The van der Waals surface area contributed by atoms with Crippen LogP contribution in [0.25, 0.3) is 0 Å². The minimum Gasteiger partial charge on any atom is -0.496 e. The molecule has 0 aliphatic heterocycles. The molecule has 18 heavy (non-hydrogen) atoms. The molecule has 1 rings (SSSR count). The Kier molecular flexibility index (Phi) is 7.32. The van der Waals surface area contributed by atoms with Crippen molar-refractivity contribution in [1.82, 2.24) is 10.6 Å². The molecule has 1 unspecified atom stereocenters. The minimum absolute atomic E-state index is 0.449. The van der Waals surface area contributed by atoms with Crippen molar-refractivity contribution in [2.45, 2.75) is 32.9 Å². The molecule has 0 aliphatic rings. The molecule has 4 heteroatoms. The molecule has 102 valence electrons. The van der Waals surface area contributed by atoms with Gasteiger partial charge in [0.2, 0.25) is 0 Å². The number of rotatable bonds is 8. The first-order chi connectivity index (χ1) is 8.67. The Morgan fingerprint density at radius 3 is 2.83 bits per heavy atom. The van der Waals surface area contributed by atoms with Crippen LogP contribution in [0, 0.1) is 0 Å². The molecule has 0 fully saturated rings. The van der Waals surface area contributed by atoms with Crippen molar-refractivity contribution in [1.29, 1.82) is 0 Å². The van der Waals surface area contributed by atoms with Crippen LogP contribution < -0.4 is 15.4 Å². The lowest BCUT2D eigenvalue weighted by molar-refractivity contribution is 0.404. The van der Waals surface area contributed by atoms with Crippen LogP contribution in [0.15, 0.2) is 22.7 Å². The maximum atomic E-state index is 5.37. The lowest BCUT2D eigenvalue weighted by atomic mass is 10.2. The van der Waals surface area contributed by atoms with Crippen molar-refractivity contribution in [3.05, 3.63) is 28.2 Å². The molecule has 0 aromatic heterocycles. The average molecular weight is 315 g/mol. The molecule has 0 radical (unpaired) electrons. The summed E-state index contributed by atoms with van der Waals surface area (Å²) in [6.07, 6.45) is 1.17. The zero-order valence-electron chi connectivity index (χ0n) is 11.4. The van der Waals surface area contributed by atoms with E-state index >= 15 is 0 Å². The van der Waals surface area contributed by atoms with Crippen molar-refractivity contribution in [2.75, 3.05) is 20.2 Å². The molecule has 0 spiro atoms. The van der Waals surface area contributed by atoms with Gasteiger partial charge in [0, 0.05) is 29.2 Å². The lowest BCUT2D eigenvalue weighted by Crippen LogP contribution is -2.36. The average Bonchev–Trinajstić information content (AvgIpc) is 2.37. The Morgan fingerprint density at radius 1 is 1.39 bits per heavy atom. The highest BCUT2D eigenvalue weighted by molar-refractivity contribution is 9.10. The summed E-state index contributed by atoms with van der Waals surface area (Å²) >= 11 is 3.45. The third kappa shape index (κ3) is 5.38. The second-order valence-electron chi connectivity index (χ2n) is 4.44. The maximum absolute atomic E-state index is 5.37. The number of nitrogens with one attached hydrogen (secondary N) is 2. The highest BCUT2D eigenvalue weighted by atomic mass is 79.9. The molecule has 1 aromatic carbocycles. The standard InChI is InChI=1S/C14H23BrN2O/c1-4-7-16-9-11(2)17-10-12-5-6-13(15)8-14(12)18-3/h5-6,8,11,16-17H,4,7,9-10H2,1-3H3. The molecule has 0 heterocycles. The molecule has 0 bridgehead atoms. The highest BCUT2D eigenvalue weighted by Gasteiger charge is 2.05. The fraction of sp³-hybridized carbons (Fsp3) is 0.571. The molecule has 1 aromatic rings. The third-order valence-corrected chi connectivity index (χ3v) is 3.26. The Morgan fingerprint density at radius 2 is 2.17 bits per heavy atom. The van der Waals surface area contributed by atoms with Gasteiger partial charge in [-0.1, -0.05) is 28.9 Å². The molecule has 0 saturated heterocycles. The fourth-order valence-corrected chi connectivity index (χ4v) is 2.06. The van der Waals surface area contributed by atoms with Crippen molar-refractivity contribution >= 4 is 15.9 Å². The van der Waals surface area contributed by atoms with Crippen LogP contribution in [-0.2, 0) is 6.54 Å². The molecule has 2 N–H and O–H groups in total. The predicted molar refractivity (Wildman–Crippen MR) is 80.2 cm³/mol. The van der Waals surface area contributed by atoms with Crippen LogP contribution >= 0.6 is 15.9 Å². The van der Waals surface area contributed by atoms with E-state index in [-0.39, 0.29) is 0 Å². The molecular formula is C14H23BrN2O. The SMILES string of the molecule is CCCNCC(C)NCc1ccc(Br)cc1OC. The number of hydrogen-bond acceptors (Lipinski definition) is 3. The van der Waals surface area contributed by atoms with Gasteiger partial charge in [-0.2, -0.15) is 0 Å². The summed E-state index contributed by atoms with van der Waals surface area (Å²) in [5, 5.41) is 6.90. The van der Waals surface area contributed by atoms with Crippen molar-refractivity contribution in [2.24, 2.45) is 0 Å². The van der Waals surface area contributed by atoms with Crippen LogP contribution in [0.3, 0.4) is 0 Å². The maximum Gasteiger partial charge on any atom is 0.124 e. The van der Waals surface area contributed by atoms with Crippen LogP contribution in [0.2, 0.25) is 0 Å². The molecule has 0 amide bonds.